The van der Waals surface area contributed by atoms with Gasteiger partial charge in [0.25, 0.3) is 5.91 Å². The third-order valence-corrected chi connectivity index (χ3v) is 4.54. The zero-order valence-corrected chi connectivity index (χ0v) is 13.9. The second kappa shape index (κ2) is 6.96. The number of likely N-dealkylation sites (tertiary alicyclic amines) is 1. The number of hydrogen-bond donors (Lipinski definition) is 0. The maximum absolute atomic E-state index is 12.4. The lowest BCUT2D eigenvalue weighted by atomic mass is 10.1. The number of aromatic nitrogens is 2. The summed E-state index contributed by atoms with van der Waals surface area (Å²) in [4.78, 5) is 16.7. The van der Waals surface area contributed by atoms with Crippen LogP contribution in [0, 0.1) is 5.92 Å². The van der Waals surface area contributed by atoms with Crippen molar-refractivity contribution in [1.29, 1.82) is 0 Å². The number of benzene rings is 1. The fourth-order valence-corrected chi connectivity index (χ4v) is 3.30. The Morgan fingerprint density at radius 3 is 2.78 bits per heavy atom. The predicted octanol–water partition coefficient (Wildman–Crippen LogP) is 2.01. The lowest BCUT2D eigenvalue weighted by Crippen LogP contribution is -2.34. The molecule has 5 nitrogen and oxygen atoms in total. The van der Waals surface area contributed by atoms with Crippen LogP contribution in [0.25, 0.3) is 0 Å². The molecule has 2 aromatic rings. The summed E-state index contributed by atoms with van der Waals surface area (Å²) in [6, 6.07) is 12.3. The Morgan fingerprint density at radius 2 is 2.09 bits per heavy atom. The number of carbonyl (C=O) groups excluding carboxylic acids is 1. The molecule has 0 radical (unpaired) electrons. The van der Waals surface area contributed by atoms with Crippen LogP contribution in [0.3, 0.4) is 0 Å². The minimum Gasteiger partial charge on any atom is -0.340 e. The Bertz CT molecular complexity index is 652. The van der Waals surface area contributed by atoms with Crippen molar-refractivity contribution >= 4 is 5.91 Å². The molecule has 1 aliphatic heterocycles. The van der Waals surface area contributed by atoms with Crippen molar-refractivity contribution in [1.82, 2.24) is 19.6 Å². The number of carbonyl (C=O) groups is 1. The Hall–Kier alpha value is -2.14. The van der Waals surface area contributed by atoms with Gasteiger partial charge in [-0.3, -0.25) is 14.4 Å². The van der Waals surface area contributed by atoms with Crippen LogP contribution in [-0.4, -0.2) is 52.2 Å². The van der Waals surface area contributed by atoms with Crippen LogP contribution in [0.2, 0.25) is 0 Å². The molecule has 1 unspecified atom stereocenters. The molecule has 1 fully saturated rings. The van der Waals surface area contributed by atoms with Crippen molar-refractivity contribution < 1.29 is 4.79 Å². The van der Waals surface area contributed by atoms with Crippen LogP contribution in [0.15, 0.2) is 42.6 Å². The smallest absolute Gasteiger partial charge is 0.271 e. The summed E-state index contributed by atoms with van der Waals surface area (Å²) in [5, 5.41) is 4.07. The SMILES string of the molecule is CN(CC1CCN(Cc2ccccc2)C1)C(=O)c1ccnn1C. The highest BCUT2D eigenvalue weighted by Crippen LogP contribution is 2.20. The first-order valence-electron chi connectivity index (χ1n) is 8.13. The highest BCUT2D eigenvalue weighted by molar-refractivity contribution is 5.92. The monoisotopic (exact) mass is 312 g/mol. The molecule has 1 aromatic heterocycles. The molecule has 1 aliphatic rings. The molecule has 1 saturated heterocycles. The van der Waals surface area contributed by atoms with Crippen molar-refractivity contribution in [2.24, 2.45) is 13.0 Å². The number of nitrogens with zero attached hydrogens (tertiary/aromatic N) is 4. The standard InChI is InChI=1S/C18H24N4O/c1-20(18(23)17-8-10-19-21(17)2)12-16-9-11-22(14-16)13-15-6-4-3-5-7-15/h3-8,10,16H,9,11-14H2,1-2H3. The second-order valence-electron chi connectivity index (χ2n) is 6.40. The van der Waals surface area contributed by atoms with E-state index in [9.17, 15) is 4.79 Å². The van der Waals surface area contributed by atoms with E-state index < -0.39 is 0 Å². The van der Waals surface area contributed by atoms with Gasteiger partial charge in [-0.25, -0.2) is 0 Å². The van der Waals surface area contributed by atoms with Gasteiger partial charge in [0.05, 0.1) is 0 Å². The van der Waals surface area contributed by atoms with E-state index in [0.717, 1.165) is 32.6 Å². The van der Waals surface area contributed by atoms with Gasteiger partial charge in [-0.2, -0.15) is 5.10 Å². The van der Waals surface area contributed by atoms with Crippen LogP contribution in [0.4, 0.5) is 0 Å². The lowest BCUT2D eigenvalue weighted by Gasteiger charge is -2.22. The van der Waals surface area contributed by atoms with Crippen LogP contribution >= 0.6 is 0 Å². The van der Waals surface area contributed by atoms with Crippen LogP contribution < -0.4 is 0 Å². The molecule has 0 saturated carbocycles. The quantitative estimate of drug-likeness (QED) is 0.848. The molecule has 1 aromatic carbocycles. The summed E-state index contributed by atoms with van der Waals surface area (Å²) in [5.74, 6) is 0.590. The molecule has 0 aliphatic carbocycles. The highest BCUT2D eigenvalue weighted by atomic mass is 16.2. The Morgan fingerprint density at radius 1 is 1.30 bits per heavy atom. The topological polar surface area (TPSA) is 41.4 Å². The van der Waals surface area contributed by atoms with Crippen molar-refractivity contribution in [3.05, 3.63) is 53.9 Å². The van der Waals surface area contributed by atoms with Crippen molar-refractivity contribution in [3.63, 3.8) is 0 Å². The van der Waals surface area contributed by atoms with E-state index in [2.05, 4.69) is 40.3 Å². The van der Waals surface area contributed by atoms with Crippen LogP contribution in [0.1, 0.15) is 22.5 Å². The minimum absolute atomic E-state index is 0.0477. The largest absolute Gasteiger partial charge is 0.340 e. The first kappa shape index (κ1) is 15.7. The van der Waals surface area contributed by atoms with Gasteiger partial charge >= 0.3 is 0 Å². The number of rotatable bonds is 5. The van der Waals surface area contributed by atoms with E-state index in [4.69, 9.17) is 0 Å². The summed E-state index contributed by atoms with van der Waals surface area (Å²) in [6.07, 6.45) is 2.81. The first-order chi connectivity index (χ1) is 11.1. The summed E-state index contributed by atoms with van der Waals surface area (Å²) < 4.78 is 1.63. The predicted molar refractivity (Wildman–Crippen MR) is 90.0 cm³/mol. The Labute approximate surface area is 137 Å². The van der Waals surface area contributed by atoms with E-state index in [1.807, 2.05) is 11.9 Å². The maximum Gasteiger partial charge on any atom is 0.271 e. The first-order valence-corrected chi connectivity index (χ1v) is 8.13. The molecule has 1 atom stereocenters. The molecule has 5 heteroatoms. The third-order valence-electron chi connectivity index (χ3n) is 4.54. The van der Waals surface area contributed by atoms with E-state index in [1.54, 1.807) is 24.0 Å². The van der Waals surface area contributed by atoms with Gasteiger partial charge in [0.1, 0.15) is 5.69 Å². The summed E-state index contributed by atoms with van der Waals surface area (Å²) >= 11 is 0. The normalized spacial score (nSPS) is 18.3. The molecule has 122 valence electrons. The number of aryl methyl sites for hydroxylation is 1. The van der Waals surface area contributed by atoms with Crippen LogP contribution in [-0.2, 0) is 13.6 Å². The van der Waals surface area contributed by atoms with E-state index in [0.29, 0.717) is 11.6 Å². The Balaban J connectivity index is 1.51. The summed E-state index contributed by atoms with van der Waals surface area (Å²) in [5.41, 5.74) is 2.00. The highest BCUT2D eigenvalue weighted by Gasteiger charge is 2.25. The van der Waals surface area contributed by atoms with Gasteiger partial charge in [-0.15, -0.1) is 0 Å². The van der Waals surface area contributed by atoms with Crippen molar-refractivity contribution in [2.75, 3.05) is 26.7 Å². The zero-order chi connectivity index (χ0) is 16.2. The zero-order valence-electron chi connectivity index (χ0n) is 13.9. The van der Waals surface area contributed by atoms with E-state index >= 15 is 0 Å². The van der Waals surface area contributed by atoms with Gasteiger partial charge < -0.3 is 4.90 Å². The fraction of sp³-hybridized carbons (Fsp3) is 0.444. The van der Waals surface area contributed by atoms with Gasteiger partial charge in [0.2, 0.25) is 0 Å². The van der Waals surface area contributed by atoms with Crippen molar-refractivity contribution in [3.8, 4) is 0 Å². The summed E-state index contributed by atoms with van der Waals surface area (Å²) in [6.45, 7) is 3.96. The van der Waals surface area contributed by atoms with Gasteiger partial charge in [-0.05, 0) is 30.5 Å². The second-order valence-corrected chi connectivity index (χ2v) is 6.40. The van der Waals surface area contributed by atoms with Crippen molar-refractivity contribution in [2.45, 2.75) is 13.0 Å². The fourth-order valence-electron chi connectivity index (χ4n) is 3.30. The van der Waals surface area contributed by atoms with Gasteiger partial charge in [0.15, 0.2) is 0 Å². The van der Waals surface area contributed by atoms with Gasteiger partial charge in [-0.1, -0.05) is 30.3 Å². The summed E-state index contributed by atoms with van der Waals surface area (Å²) in [7, 11) is 3.69. The number of amides is 1. The molecular formula is C18H24N4O. The minimum atomic E-state index is 0.0477. The van der Waals surface area contributed by atoms with Crippen LogP contribution in [0.5, 0.6) is 0 Å². The lowest BCUT2D eigenvalue weighted by molar-refractivity contribution is 0.0762. The third kappa shape index (κ3) is 3.79. The Kier molecular flexibility index (Phi) is 4.76. The van der Waals surface area contributed by atoms with E-state index in [1.165, 1.54) is 5.56 Å². The molecule has 0 N–H and O–H groups in total. The van der Waals surface area contributed by atoms with E-state index in [-0.39, 0.29) is 5.91 Å². The molecule has 23 heavy (non-hydrogen) atoms. The molecule has 3 rings (SSSR count). The average Bonchev–Trinajstić information content (AvgIpc) is 3.16. The van der Waals surface area contributed by atoms with Gasteiger partial charge in [0, 0.05) is 39.9 Å². The molecule has 0 bridgehead atoms. The molecule has 1 amide bonds. The molecule has 0 spiro atoms. The molecule has 2 heterocycles. The number of hydrogen-bond acceptors (Lipinski definition) is 3. The maximum atomic E-state index is 12.4. The average molecular weight is 312 g/mol. The molecular weight excluding hydrogens is 288 g/mol.